The minimum Gasteiger partial charge on any atom is -0.330 e. The van der Waals surface area contributed by atoms with Crippen molar-refractivity contribution in [2.24, 2.45) is 5.73 Å². The van der Waals surface area contributed by atoms with E-state index in [1.165, 1.54) is 0 Å². The fourth-order valence-corrected chi connectivity index (χ4v) is 0.520. The van der Waals surface area contributed by atoms with Gasteiger partial charge in [0.25, 0.3) is 0 Å². The normalized spacial score (nSPS) is 10.4. The van der Waals surface area contributed by atoms with Gasteiger partial charge < -0.3 is 5.73 Å². The van der Waals surface area contributed by atoms with Gasteiger partial charge in [-0.1, -0.05) is 24.3 Å². The van der Waals surface area contributed by atoms with Crippen LogP contribution in [0, 0.1) is 0 Å². The Hall–Kier alpha value is -0.560. The van der Waals surface area contributed by atoms with E-state index < -0.39 is 0 Å². The molecule has 0 radical (unpaired) electrons. The van der Waals surface area contributed by atoms with Crippen molar-refractivity contribution < 1.29 is 0 Å². The van der Waals surface area contributed by atoms with E-state index in [-0.39, 0.29) is 0 Å². The molecule has 1 heteroatoms. The second-order valence-corrected chi connectivity index (χ2v) is 2.18. The zero-order chi connectivity index (χ0) is 7.11. The first-order valence-electron chi connectivity index (χ1n) is 3.29. The molecule has 0 aromatic carbocycles. The molecule has 1 nitrogen and oxygen atoms in total. The summed E-state index contributed by atoms with van der Waals surface area (Å²) in [5.74, 6) is 0. The highest BCUT2D eigenvalue weighted by Gasteiger charge is 1.76. The van der Waals surface area contributed by atoms with Crippen LogP contribution < -0.4 is 5.73 Å². The summed E-state index contributed by atoms with van der Waals surface area (Å²) in [6.45, 7) is 6.50. The first-order valence-corrected chi connectivity index (χ1v) is 3.29. The molecule has 0 rings (SSSR count). The summed E-state index contributed by atoms with van der Waals surface area (Å²) in [7, 11) is 0. The van der Waals surface area contributed by atoms with Gasteiger partial charge in [-0.2, -0.15) is 0 Å². The van der Waals surface area contributed by atoms with Gasteiger partial charge in [-0.15, -0.1) is 0 Å². The van der Waals surface area contributed by atoms with Crippen molar-refractivity contribution in [3.05, 3.63) is 24.3 Å². The lowest BCUT2D eigenvalue weighted by atomic mass is 10.2. The largest absolute Gasteiger partial charge is 0.330 e. The van der Waals surface area contributed by atoms with Crippen LogP contribution in [0.15, 0.2) is 24.3 Å². The standard InChI is InChI=1S/C8H15N/c1-8(2)6-4-3-5-7-9/h4,6H,1,3,5,7,9H2,2H3/b6-4+. The Morgan fingerprint density at radius 3 is 2.78 bits per heavy atom. The first-order chi connectivity index (χ1) is 4.27. The van der Waals surface area contributed by atoms with Crippen LogP contribution in [0.25, 0.3) is 0 Å². The zero-order valence-corrected chi connectivity index (χ0v) is 6.06. The quantitative estimate of drug-likeness (QED) is 0.450. The third-order valence-corrected chi connectivity index (χ3v) is 0.977. The highest BCUT2D eigenvalue weighted by molar-refractivity contribution is 5.10. The molecule has 2 N–H and O–H groups in total. The third kappa shape index (κ3) is 7.44. The molecular formula is C8H15N. The van der Waals surface area contributed by atoms with Crippen LogP contribution in [-0.4, -0.2) is 6.54 Å². The molecule has 0 spiro atoms. The van der Waals surface area contributed by atoms with Crippen LogP contribution in [0.3, 0.4) is 0 Å². The van der Waals surface area contributed by atoms with E-state index in [4.69, 9.17) is 5.73 Å². The van der Waals surface area contributed by atoms with Crippen LogP contribution in [0.5, 0.6) is 0 Å². The number of unbranched alkanes of at least 4 members (excludes halogenated alkanes) is 1. The van der Waals surface area contributed by atoms with Gasteiger partial charge >= 0.3 is 0 Å². The van der Waals surface area contributed by atoms with Gasteiger partial charge in [0.15, 0.2) is 0 Å². The molecule has 0 fully saturated rings. The molecule has 0 aromatic heterocycles. The zero-order valence-electron chi connectivity index (χ0n) is 6.06. The summed E-state index contributed by atoms with van der Waals surface area (Å²) in [4.78, 5) is 0. The van der Waals surface area contributed by atoms with Gasteiger partial charge in [0, 0.05) is 0 Å². The number of allylic oxidation sites excluding steroid dienone is 3. The fourth-order valence-electron chi connectivity index (χ4n) is 0.520. The molecule has 0 saturated heterocycles. The molecule has 0 amide bonds. The van der Waals surface area contributed by atoms with E-state index in [2.05, 4.69) is 12.7 Å². The Labute approximate surface area is 57.3 Å². The maximum Gasteiger partial charge on any atom is -0.00743 e. The number of nitrogens with two attached hydrogens (primary N) is 1. The van der Waals surface area contributed by atoms with Crippen molar-refractivity contribution in [3.63, 3.8) is 0 Å². The van der Waals surface area contributed by atoms with Crippen molar-refractivity contribution in [2.75, 3.05) is 6.54 Å². The van der Waals surface area contributed by atoms with Crippen LogP contribution in [0.2, 0.25) is 0 Å². The van der Waals surface area contributed by atoms with E-state index >= 15 is 0 Å². The van der Waals surface area contributed by atoms with E-state index in [9.17, 15) is 0 Å². The Kier molecular flexibility index (Phi) is 5.23. The van der Waals surface area contributed by atoms with Crippen molar-refractivity contribution in [1.29, 1.82) is 0 Å². The Balaban J connectivity index is 3.15. The lowest BCUT2D eigenvalue weighted by Crippen LogP contribution is -1.96. The highest BCUT2D eigenvalue weighted by Crippen LogP contribution is 1.93. The topological polar surface area (TPSA) is 26.0 Å². The first kappa shape index (κ1) is 8.44. The Bertz CT molecular complexity index is 103. The van der Waals surface area contributed by atoms with Crippen LogP contribution in [0.1, 0.15) is 19.8 Å². The predicted molar refractivity (Wildman–Crippen MR) is 42.2 cm³/mol. The molecule has 0 aliphatic rings. The van der Waals surface area contributed by atoms with Gasteiger partial charge in [-0.05, 0) is 26.3 Å². The summed E-state index contributed by atoms with van der Waals surface area (Å²) in [5.41, 5.74) is 6.39. The average Bonchev–Trinajstić information content (AvgIpc) is 1.80. The van der Waals surface area contributed by atoms with Gasteiger partial charge in [-0.25, -0.2) is 0 Å². The van der Waals surface area contributed by atoms with Crippen LogP contribution in [0.4, 0.5) is 0 Å². The predicted octanol–water partition coefficient (Wildman–Crippen LogP) is 1.86. The molecule has 0 heterocycles. The molecule has 0 atom stereocenters. The molecule has 0 unspecified atom stereocenters. The molecule has 52 valence electrons. The van der Waals surface area contributed by atoms with Gasteiger partial charge in [0.2, 0.25) is 0 Å². The summed E-state index contributed by atoms with van der Waals surface area (Å²) in [6.07, 6.45) is 6.28. The molecule has 0 bridgehead atoms. The summed E-state index contributed by atoms with van der Waals surface area (Å²) in [6, 6.07) is 0. The maximum absolute atomic E-state index is 5.29. The van der Waals surface area contributed by atoms with E-state index in [0.29, 0.717) is 0 Å². The van der Waals surface area contributed by atoms with Crippen LogP contribution in [-0.2, 0) is 0 Å². The minimum atomic E-state index is 0.778. The molecular weight excluding hydrogens is 110 g/mol. The summed E-state index contributed by atoms with van der Waals surface area (Å²) >= 11 is 0. The fraction of sp³-hybridized carbons (Fsp3) is 0.500. The second-order valence-electron chi connectivity index (χ2n) is 2.18. The smallest absolute Gasteiger partial charge is 0.00743 e. The van der Waals surface area contributed by atoms with Crippen molar-refractivity contribution in [3.8, 4) is 0 Å². The van der Waals surface area contributed by atoms with Gasteiger partial charge in [0.05, 0.1) is 0 Å². The highest BCUT2D eigenvalue weighted by atomic mass is 14.5. The van der Waals surface area contributed by atoms with Crippen molar-refractivity contribution in [1.82, 2.24) is 0 Å². The second kappa shape index (κ2) is 5.57. The van der Waals surface area contributed by atoms with E-state index in [0.717, 1.165) is 25.0 Å². The third-order valence-electron chi connectivity index (χ3n) is 0.977. The SMILES string of the molecule is C=C(C)/C=C/CCCN. The number of hydrogen-bond donors (Lipinski definition) is 1. The van der Waals surface area contributed by atoms with Crippen molar-refractivity contribution in [2.45, 2.75) is 19.8 Å². The number of hydrogen-bond acceptors (Lipinski definition) is 1. The van der Waals surface area contributed by atoms with Gasteiger partial charge in [-0.3, -0.25) is 0 Å². The van der Waals surface area contributed by atoms with Crippen LogP contribution >= 0.6 is 0 Å². The minimum absolute atomic E-state index is 0.778. The molecule has 0 aromatic rings. The van der Waals surface area contributed by atoms with Crippen molar-refractivity contribution >= 4 is 0 Å². The lowest BCUT2D eigenvalue weighted by Gasteiger charge is -1.87. The number of rotatable bonds is 4. The molecule has 0 aliphatic heterocycles. The molecule has 0 aliphatic carbocycles. The lowest BCUT2D eigenvalue weighted by molar-refractivity contribution is 0.854. The average molecular weight is 125 g/mol. The maximum atomic E-state index is 5.29. The summed E-state index contributed by atoms with van der Waals surface area (Å²) in [5, 5.41) is 0. The Morgan fingerprint density at radius 2 is 2.33 bits per heavy atom. The molecule has 0 saturated carbocycles. The monoisotopic (exact) mass is 125 g/mol. The van der Waals surface area contributed by atoms with E-state index in [1.54, 1.807) is 0 Å². The molecule has 9 heavy (non-hydrogen) atoms. The van der Waals surface area contributed by atoms with E-state index in [1.807, 2.05) is 13.0 Å². The Morgan fingerprint density at radius 1 is 1.67 bits per heavy atom. The summed E-state index contributed by atoms with van der Waals surface area (Å²) < 4.78 is 0. The van der Waals surface area contributed by atoms with Gasteiger partial charge in [0.1, 0.15) is 0 Å².